The van der Waals surface area contributed by atoms with Crippen molar-refractivity contribution in [3.05, 3.63) is 29.8 Å². The van der Waals surface area contributed by atoms with Gasteiger partial charge in [0.2, 0.25) is 0 Å². The number of carbonyl (C=O) groups is 1. The Kier molecular flexibility index (Phi) is 3.90. The maximum Gasteiger partial charge on any atom is 0.308 e. The van der Waals surface area contributed by atoms with E-state index in [1.165, 1.54) is 18.4 Å². The molecule has 0 saturated heterocycles. The molecule has 98 valence electrons. The topological polar surface area (TPSA) is 38.3 Å². The Bertz CT molecular complexity index is 428. The van der Waals surface area contributed by atoms with E-state index in [0.29, 0.717) is 11.8 Å². The van der Waals surface area contributed by atoms with Crippen molar-refractivity contribution in [1.82, 2.24) is 0 Å². The molecule has 2 atom stereocenters. The van der Waals surface area contributed by atoms with Crippen LogP contribution in [-0.4, -0.2) is 19.6 Å². The normalized spacial score (nSPS) is 19.2. The Balaban J connectivity index is 2.12. The van der Waals surface area contributed by atoms with Gasteiger partial charge in [0.05, 0.1) is 13.0 Å². The molecule has 0 aromatic heterocycles. The van der Waals surface area contributed by atoms with E-state index in [9.17, 15) is 4.79 Å². The number of fused-ring (bicyclic) bond motifs is 1. The average Bonchev–Trinajstić information content (AvgIpc) is 2.78. The number of hydrogen-bond acceptors (Lipinski definition) is 3. The minimum atomic E-state index is -0.0885. The molecule has 0 saturated carbocycles. The molecule has 1 aliphatic rings. The van der Waals surface area contributed by atoms with Crippen molar-refractivity contribution < 1.29 is 9.53 Å². The van der Waals surface area contributed by atoms with Crippen LogP contribution in [0.3, 0.4) is 0 Å². The third-order valence-corrected chi connectivity index (χ3v) is 3.79. The van der Waals surface area contributed by atoms with E-state index in [2.05, 4.69) is 37.4 Å². The van der Waals surface area contributed by atoms with Crippen molar-refractivity contribution >= 4 is 11.7 Å². The Labute approximate surface area is 109 Å². The largest absolute Gasteiger partial charge is 0.469 e. The van der Waals surface area contributed by atoms with Gasteiger partial charge >= 0.3 is 5.97 Å². The van der Waals surface area contributed by atoms with Gasteiger partial charge in [-0.1, -0.05) is 32.0 Å². The molecule has 3 nitrogen and oxygen atoms in total. The number of anilines is 1. The summed E-state index contributed by atoms with van der Waals surface area (Å²) in [7, 11) is 1.47. The molecule has 0 aliphatic carbocycles. The number of esters is 1. The zero-order valence-electron chi connectivity index (χ0n) is 11.3. The van der Waals surface area contributed by atoms with Gasteiger partial charge in [0.1, 0.15) is 0 Å². The van der Waals surface area contributed by atoms with Crippen LogP contribution in [0.1, 0.15) is 31.7 Å². The lowest BCUT2D eigenvalue weighted by Gasteiger charge is -2.21. The third-order valence-electron chi connectivity index (χ3n) is 3.79. The first-order valence-corrected chi connectivity index (χ1v) is 6.54. The van der Waals surface area contributed by atoms with E-state index in [1.54, 1.807) is 0 Å². The molecule has 1 aromatic carbocycles. The molecular formula is C15H21NO2. The first-order valence-electron chi connectivity index (χ1n) is 6.54. The van der Waals surface area contributed by atoms with E-state index in [1.807, 2.05) is 6.07 Å². The summed E-state index contributed by atoms with van der Waals surface area (Å²) in [5.74, 6) is 0.611. The number of benzene rings is 1. The quantitative estimate of drug-likeness (QED) is 0.831. The molecule has 1 aliphatic heterocycles. The molecule has 0 fully saturated rings. The van der Waals surface area contributed by atoms with Gasteiger partial charge < -0.3 is 10.1 Å². The second-order valence-corrected chi connectivity index (χ2v) is 5.27. The Morgan fingerprint density at radius 1 is 1.44 bits per heavy atom. The summed E-state index contributed by atoms with van der Waals surface area (Å²) in [5, 5.41) is 3.40. The van der Waals surface area contributed by atoms with E-state index in [-0.39, 0.29) is 11.9 Å². The Morgan fingerprint density at radius 2 is 2.17 bits per heavy atom. The van der Waals surface area contributed by atoms with Gasteiger partial charge in [0.25, 0.3) is 0 Å². The number of para-hydroxylation sites is 1. The van der Waals surface area contributed by atoms with Gasteiger partial charge in [-0.2, -0.15) is 0 Å². The van der Waals surface area contributed by atoms with E-state index in [0.717, 1.165) is 13.0 Å². The predicted octanol–water partition coefficient (Wildman–Crippen LogP) is 3.03. The molecule has 1 N–H and O–H groups in total. The first-order chi connectivity index (χ1) is 8.63. The summed E-state index contributed by atoms with van der Waals surface area (Å²) in [6, 6.07) is 8.34. The van der Waals surface area contributed by atoms with Crippen LogP contribution in [0.5, 0.6) is 0 Å². The summed E-state index contributed by atoms with van der Waals surface area (Å²) in [6.45, 7) is 5.07. The Hall–Kier alpha value is -1.51. The SMILES string of the molecule is COC(=O)[C@H](CC1CNc2ccccc21)C(C)C. The van der Waals surface area contributed by atoms with Gasteiger partial charge in [0, 0.05) is 18.2 Å². The standard InChI is InChI=1S/C15H21NO2/c1-10(2)13(15(17)18-3)8-11-9-16-14-7-5-4-6-12(11)14/h4-7,10-11,13,16H,8-9H2,1-3H3/t11?,13-/m1/s1. The maximum absolute atomic E-state index is 11.8. The number of ether oxygens (including phenoxy) is 1. The molecule has 1 unspecified atom stereocenters. The highest BCUT2D eigenvalue weighted by Crippen LogP contribution is 2.37. The van der Waals surface area contributed by atoms with Gasteiger partial charge in [-0.15, -0.1) is 0 Å². The van der Waals surface area contributed by atoms with Crippen molar-refractivity contribution in [3.63, 3.8) is 0 Å². The van der Waals surface area contributed by atoms with Crippen LogP contribution in [0.15, 0.2) is 24.3 Å². The highest BCUT2D eigenvalue weighted by atomic mass is 16.5. The van der Waals surface area contributed by atoms with Crippen molar-refractivity contribution in [2.45, 2.75) is 26.2 Å². The number of rotatable bonds is 4. The lowest BCUT2D eigenvalue weighted by molar-refractivity contribution is -0.147. The summed E-state index contributed by atoms with van der Waals surface area (Å²) < 4.78 is 4.91. The van der Waals surface area contributed by atoms with Crippen LogP contribution in [0.25, 0.3) is 0 Å². The second-order valence-electron chi connectivity index (χ2n) is 5.27. The lowest BCUT2D eigenvalue weighted by Crippen LogP contribution is -2.24. The fraction of sp³-hybridized carbons (Fsp3) is 0.533. The summed E-state index contributed by atoms with van der Waals surface area (Å²) >= 11 is 0. The molecule has 18 heavy (non-hydrogen) atoms. The molecule has 0 spiro atoms. The minimum absolute atomic E-state index is 0.0204. The van der Waals surface area contributed by atoms with Crippen LogP contribution in [0.4, 0.5) is 5.69 Å². The van der Waals surface area contributed by atoms with E-state index < -0.39 is 0 Å². The molecule has 0 bridgehead atoms. The van der Waals surface area contributed by atoms with Crippen molar-refractivity contribution in [3.8, 4) is 0 Å². The van der Waals surface area contributed by atoms with Gasteiger partial charge in [0.15, 0.2) is 0 Å². The number of nitrogens with one attached hydrogen (secondary N) is 1. The van der Waals surface area contributed by atoms with Crippen LogP contribution in [0.2, 0.25) is 0 Å². The molecule has 1 aromatic rings. The molecule has 2 rings (SSSR count). The molecule has 3 heteroatoms. The van der Waals surface area contributed by atoms with Crippen LogP contribution in [-0.2, 0) is 9.53 Å². The second kappa shape index (κ2) is 5.42. The lowest BCUT2D eigenvalue weighted by atomic mass is 9.84. The molecule has 0 radical (unpaired) electrons. The molecule has 0 amide bonds. The molecular weight excluding hydrogens is 226 g/mol. The number of hydrogen-bond donors (Lipinski definition) is 1. The summed E-state index contributed by atoms with van der Waals surface area (Å²) in [5.41, 5.74) is 2.53. The monoisotopic (exact) mass is 247 g/mol. The summed E-state index contributed by atoms with van der Waals surface area (Å²) in [6.07, 6.45) is 0.856. The van der Waals surface area contributed by atoms with Crippen LogP contribution >= 0.6 is 0 Å². The highest BCUT2D eigenvalue weighted by Gasteiger charge is 2.30. The van der Waals surface area contributed by atoms with E-state index in [4.69, 9.17) is 4.74 Å². The number of methoxy groups -OCH3 is 1. The minimum Gasteiger partial charge on any atom is -0.469 e. The smallest absolute Gasteiger partial charge is 0.308 e. The van der Waals surface area contributed by atoms with E-state index >= 15 is 0 Å². The molecule has 1 heterocycles. The average molecular weight is 247 g/mol. The predicted molar refractivity (Wildman–Crippen MR) is 72.6 cm³/mol. The van der Waals surface area contributed by atoms with Gasteiger partial charge in [-0.05, 0) is 24.0 Å². The Morgan fingerprint density at radius 3 is 2.83 bits per heavy atom. The highest BCUT2D eigenvalue weighted by molar-refractivity contribution is 5.73. The van der Waals surface area contributed by atoms with Crippen LogP contribution in [0, 0.1) is 11.8 Å². The van der Waals surface area contributed by atoms with Crippen molar-refractivity contribution in [2.24, 2.45) is 11.8 Å². The summed E-state index contributed by atoms with van der Waals surface area (Å²) in [4.78, 5) is 11.8. The zero-order valence-corrected chi connectivity index (χ0v) is 11.3. The van der Waals surface area contributed by atoms with Gasteiger partial charge in [-0.3, -0.25) is 4.79 Å². The number of carbonyl (C=O) groups excluding carboxylic acids is 1. The fourth-order valence-electron chi connectivity index (χ4n) is 2.67. The van der Waals surface area contributed by atoms with Gasteiger partial charge in [-0.25, -0.2) is 0 Å². The van der Waals surface area contributed by atoms with Crippen molar-refractivity contribution in [1.29, 1.82) is 0 Å². The van der Waals surface area contributed by atoms with Crippen LogP contribution < -0.4 is 5.32 Å². The fourth-order valence-corrected chi connectivity index (χ4v) is 2.67. The maximum atomic E-state index is 11.8. The zero-order chi connectivity index (χ0) is 13.1. The van der Waals surface area contributed by atoms with Crippen molar-refractivity contribution in [2.75, 3.05) is 19.0 Å². The third kappa shape index (κ3) is 2.50. The first kappa shape index (κ1) is 12.9.